The molecular weight excluding hydrogens is 697 g/mol. The molecule has 58 heavy (non-hydrogen) atoms. The minimum absolute atomic E-state index is 0.973. The first kappa shape index (κ1) is 48.5. The van der Waals surface area contributed by atoms with Gasteiger partial charge in [-0.3, -0.25) is 0 Å². The van der Waals surface area contributed by atoms with Crippen molar-refractivity contribution in [1.29, 1.82) is 0 Å². The van der Waals surface area contributed by atoms with Crippen LogP contribution >= 0.6 is 0 Å². The smallest absolute Gasteiger partial charge is 0.0190 e. The van der Waals surface area contributed by atoms with E-state index in [0.717, 1.165) is 11.1 Å². The highest BCUT2D eigenvalue weighted by atomic mass is 13.9. The maximum absolute atomic E-state index is 3.83. The maximum Gasteiger partial charge on any atom is -0.0190 e. The van der Waals surface area contributed by atoms with Gasteiger partial charge in [-0.15, -0.1) is 0 Å². The lowest BCUT2D eigenvalue weighted by Gasteiger charge is -1.96. The molecule has 0 atom stereocenters. The molecule has 7 rings (SSSR count). The molecule has 0 aliphatic carbocycles. The van der Waals surface area contributed by atoms with Gasteiger partial charge in [0.1, 0.15) is 0 Å². The van der Waals surface area contributed by atoms with Crippen LogP contribution in [0.2, 0.25) is 0 Å². The van der Waals surface area contributed by atoms with Crippen molar-refractivity contribution in [2.24, 2.45) is 0 Å². The van der Waals surface area contributed by atoms with Gasteiger partial charge < -0.3 is 0 Å². The van der Waals surface area contributed by atoms with E-state index in [2.05, 4.69) is 52.6 Å². The zero-order chi connectivity index (χ0) is 42.3. The highest BCUT2D eigenvalue weighted by molar-refractivity contribution is 5.71. The Labute approximate surface area is 350 Å². The van der Waals surface area contributed by atoms with Gasteiger partial charge in [-0.2, -0.15) is 0 Å². The Morgan fingerprint density at radius 3 is 0.517 bits per heavy atom. The van der Waals surface area contributed by atoms with Crippen LogP contribution in [0.3, 0.4) is 0 Å². The summed E-state index contributed by atoms with van der Waals surface area (Å²) in [5.41, 5.74) is 9.15. The van der Waals surface area contributed by atoms with Gasteiger partial charge in [0.2, 0.25) is 0 Å². The first-order chi connectivity index (χ1) is 28.4. The van der Waals surface area contributed by atoms with Crippen molar-refractivity contribution in [3.8, 4) is 0 Å². The molecule has 0 heteroatoms. The molecule has 0 heterocycles. The van der Waals surface area contributed by atoms with Crippen LogP contribution in [0.15, 0.2) is 271 Å². The second kappa shape index (κ2) is 34.0. The summed E-state index contributed by atoms with van der Waals surface area (Å²) in [6.45, 7) is 29.2. The van der Waals surface area contributed by atoms with Crippen LogP contribution in [-0.2, 0) is 0 Å². The summed E-state index contributed by atoms with van der Waals surface area (Å²) in [6, 6.07) is 70.2. The Balaban J connectivity index is 0.000000339. The lowest BCUT2D eigenvalue weighted by Crippen LogP contribution is -1.74. The SMILES string of the molecule is C=CC(=C)c1ccccc1.C=Cc1ccccc1.C=Cc1ccccc1.C=Cc1ccccc1.C=Cc1ccccc1.C=Cc1ccccc1.C=Cc1ccccc1. The molecule has 0 radical (unpaired) electrons. The summed E-state index contributed by atoms with van der Waals surface area (Å²) >= 11 is 0. The van der Waals surface area contributed by atoms with Gasteiger partial charge in [0.15, 0.2) is 0 Å². The fraction of sp³-hybridized carbons (Fsp3) is 0. The standard InChI is InChI=1S/C10H10.6C8H8/c1-3-9(2)10-7-5-4-6-8-10;6*1-2-8-6-4-3-5-7-8/h3-8H,1-2H2;6*2-7H,1H2. The average Bonchev–Trinajstić information content (AvgIpc) is 3.34. The summed E-state index contributed by atoms with van der Waals surface area (Å²) in [5, 5.41) is 0. The van der Waals surface area contributed by atoms with E-state index >= 15 is 0 Å². The zero-order valence-corrected chi connectivity index (χ0v) is 33.9. The molecule has 0 amide bonds. The van der Waals surface area contributed by atoms with Gasteiger partial charge in [-0.25, -0.2) is 0 Å². The third-order valence-corrected chi connectivity index (χ3v) is 7.60. The number of hydrogen-bond acceptors (Lipinski definition) is 0. The molecule has 0 saturated carbocycles. The quantitative estimate of drug-likeness (QED) is 0.136. The average molecular weight is 755 g/mol. The van der Waals surface area contributed by atoms with Gasteiger partial charge in [0.05, 0.1) is 0 Å². The zero-order valence-electron chi connectivity index (χ0n) is 33.9. The largest absolute Gasteiger partial charge is 0.0985 e. The second-order valence-corrected chi connectivity index (χ2v) is 11.8. The highest BCUT2D eigenvalue weighted by Gasteiger charge is 1.89. The first-order valence-electron chi connectivity index (χ1n) is 18.9. The number of benzene rings is 7. The lowest BCUT2D eigenvalue weighted by atomic mass is 10.1. The summed E-state index contributed by atoms with van der Waals surface area (Å²) in [6.07, 6.45) is 12.8. The van der Waals surface area contributed by atoms with E-state index < -0.39 is 0 Å². The van der Waals surface area contributed by atoms with E-state index in [4.69, 9.17) is 0 Å². The number of rotatable bonds is 8. The van der Waals surface area contributed by atoms with Crippen molar-refractivity contribution in [3.63, 3.8) is 0 Å². The van der Waals surface area contributed by atoms with E-state index in [0.29, 0.717) is 0 Å². The van der Waals surface area contributed by atoms with Gasteiger partial charge in [-0.05, 0) is 44.5 Å². The van der Waals surface area contributed by atoms with Crippen LogP contribution in [0.4, 0.5) is 0 Å². The highest BCUT2D eigenvalue weighted by Crippen LogP contribution is 2.11. The van der Waals surface area contributed by atoms with Crippen molar-refractivity contribution in [2.75, 3.05) is 0 Å². The van der Waals surface area contributed by atoms with E-state index in [1.54, 1.807) is 6.08 Å². The third kappa shape index (κ3) is 24.7. The van der Waals surface area contributed by atoms with Crippen LogP contribution in [0.25, 0.3) is 42.0 Å². The fourth-order valence-corrected chi connectivity index (χ4v) is 4.30. The molecule has 0 aliphatic heterocycles. The Bertz CT molecular complexity index is 1760. The van der Waals surface area contributed by atoms with E-state index in [1.165, 1.54) is 33.4 Å². The van der Waals surface area contributed by atoms with Gasteiger partial charge >= 0.3 is 0 Å². The number of hydrogen-bond donors (Lipinski definition) is 0. The molecule has 0 bridgehead atoms. The maximum atomic E-state index is 3.83. The predicted molar refractivity (Wildman–Crippen MR) is 265 cm³/mol. The molecule has 0 aliphatic rings. The van der Waals surface area contributed by atoms with Gasteiger partial charge in [0, 0.05) is 0 Å². The summed E-state index contributed by atoms with van der Waals surface area (Å²) < 4.78 is 0. The van der Waals surface area contributed by atoms with Gasteiger partial charge in [0.25, 0.3) is 0 Å². The normalized spacial score (nSPS) is 8.55. The molecule has 0 nitrogen and oxygen atoms in total. The number of allylic oxidation sites excluding steroid dienone is 2. The van der Waals surface area contributed by atoms with Crippen LogP contribution in [0.1, 0.15) is 38.9 Å². The van der Waals surface area contributed by atoms with Gasteiger partial charge in [-0.1, -0.05) is 307 Å². The Morgan fingerprint density at radius 2 is 0.397 bits per heavy atom. The molecule has 0 N–H and O–H groups in total. The predicted octanol–water partition coefficient (Wildman–Crippen LogP) is 16.9. The van der Waals surface area contributed by atoms with Crippen LogP contribution < -0.4 is 0 Å². The third-order valence-electron chi connectivity index (χ3n) is 7.60. The van der Waals surface area contributed by atoms with E-state index in [1.807, 2.05) is 249 Å². The van der Waals surface area contributed by atoms with E-state index in [-0.39, 0.29) is 0 Å². The van der Waals surface area contributed by atoms with Crippen LogP contribution in [0.5, 0.6) is 0 Å². The van der Waals surface area contributed by atoms with Crippen molar-refractivity contribution in [1.82, 2.24) is 0 Å². The molecule has 0 aromatic heterocycles. The van der Waals surface area contributed by atoms with Crippen molar-refractivity contribution in [3.05, 3.63) is 310 Å². The van der Waals surface area contributed by atoms with Crippen molar-refractivity contribution >= 4 is 42.0 Å². The Kier molecular flexibility index (Phi) is 28.4. The van der Waals surface area contributed by atoms with E-state index in [9.17, 15) is 0 Å². The minimum Gasteiger partial charge on any atom is -0.0985 e. The first-order valence-corrected chi connectivity index (χ1v) is 18.9. The summed E-state index contributed by atoms with van der Waals surface area (Å²) in [4.78, 5) is 0. The summed E-state index contributed by atoms with van der Waals surface area (Å²) in [7, 11) is 0. The Morgan fingerprint density at radius 1 is 0.241 bits per heavy atom. The second-order valence-electron chi connectivity index (χ2n) is 11.8. The monoisotopic (exact) mass is 754 g/mol. The molecule has 7 aromatic rings. The Hall–Kier alpha value is -7.54. The summed E-state index contributed by atoms with van der Waals surface area (Å²) in [5.74, 6) is 0. The molecule has 0 fully saturated rings. The van der Waals surface area contributed by atoms with Crippen LogP contribution in [0, 0.1) is 0 Å². The fourth-order valence-electron chi connectivity index (χ4n) is 4.30. The molecular formula is C58H58. The molecule has 7 aromatic carbocycles. The lowest BCUT2D eigenvalue weighted by molar-refractivity contribution is 1.63. The molecule has 290 valence electrons. The molecule has 0 spiro atoms. The topological polar surface area (TPSA) is 0 Å². The molecule has 0 saturated heterocycles. The van der Waals surface area contributed by atoms with Crippen molar-refractivity contribution < 1.29 is 0 Å². The van der Waals surface area contributed by atoms with Crippen molar-refractivity contribution in [2.45, 2.75) is 0 Å². The minimum atomic E-state index is 0.973. The molecule has 0 unspecified atom stereocenters. The van der Waals surface area contributed by atoms with Crippen LogP contribution in [-0.4, -0.2) is 0 Å².